The SMILES string of the molecule is CN(CC(=O)Nc1cccnc1Cl)Cc1ccsc1. The largest absolute Gasteiger partial charge is 0.322 e. The molecule has 0 aliphatic carbocycles. The number of aromatic nitrogens is 1. The third-order valence-corrected chi connectivity index (χ3v) is 3.51. The molecule has 0 saturated carbocycles. The van der Waals surface area contributed by atoms with E-state index in [1.807, 2.05) is 17.3 Å². The summed E-state index contributed by atoms with van der Waals surface area (Å²) in [6.45, 7) is 1.05. The molecule has 1 amide bonds. The van der Waals surface area contributed by atoms with E-state index in [0.717, 1.165) is 6.54 Å². The molecule has 4 nitrogen and oxygen atoms in total. The third-order valence-electron chi connectivity index (χ3n) is 2.48. The van der Waals surface area contributed by atoms with E-state index in [9.17, 15) is 4.79 Å². The molecule has 0 aliphatic heterocycles. The lowest BCUT2D eigenvalue weighted by Gasteiger charge is -2.15. The van der Waals surface area contributed by atoms with Gasteiger partial charge in [-0.1, -0.05) is 11.6 Å². The minimum atomic E-state index is -0.104. The molecule has 2 aromatic rings. The number of hydrogen-bond acceptors (Lipinski definition) is 4. The van der Waals surface area contributed by atoms with Crippen molar-refractivity contribution < 1.29 is 4.79 Å². The molecule has 0 aliphatic rings. The Balaban J connectivity index is 1.86. The van der Waals surface area contributed by atoms with Crippen LogP contribution in [0.4, 0.5) is 5.69 Å². The van der Waals surface area contributed by atoms with Crippen LogP contribution in [0, 0.1) is 0 Å². The lowest BCUT2D eigenvalue weighted by molar-refractivity contribution is -0.117. The maximum Gasteiger partial charge on any atom is 0.238 e. The number of amides is 1. The molecule has 2 rings (SSSR count). The smallest absolute Gasteiger partial charge is 0.238 e. The first-order chi connectivity index (χ1) is 9.15. The van der Waals surface area contributed by atoms with Crippen molar-refractivity contribution in [1.82, 2.24) is 9.88 Å². The van der Waals surface area contributed by atoms with Crippen molar-refractivity contribution in [2.45, 2.75) is 6.54 Å². The Labute approximate surface area is 121 Å². The van der Waals surface area contributed by atoms with Crippen LogP contribution in [0.5, 0.6) is 0 Å². The van der Waals surface area contributed by atoms with Crippen LogP contribution in [0.1, 0.15) is 5.56 Å². The number of carbonyl (C=O) groups excluding carboxylic acids is 1. The number of rotatable bonds is 5. The fourth-order valence-corrected chi connectivity index (χ4v) is 2.49. The van der Waals surface area contributed by atoms with Crippen molar-refractivity contribution in [3.05, 3.63) is 45.9 Å². The Morgan fingerprint density at radius 1 is 1.53 bits per heavy atom. The van der Waals surface area contributed by atoms with E-state index in [2.05, 4.69) is 21.7 Å². The third kappa shape index (κ3) is 4.31. The van der Waals surface area contributed by atoms with Gasteiger partial charge in [-0.15, -0.1) is 0 Å². The summed E-state index contributed by atoms with van der Waals surface area (Å²) in [4.78, 5) is 17.7. The minimum Gasteiger partial charge on any atom is -0.322 e. The lowest BCUT2D eigenvalue weighted by atomic mass is 10.3. The van der Waals surface area contributed by atoms with Gasteiger partial charge in [0.2, 0.25) is 5.91 Å². The van der Waals surface area contributed by atoms with Crippen molar-refractivity contribution in [3.63, 3.8) is 0 Å². The summed E-state index contributed by atoms with van der Waals surface area (Å²) in [5, 5.41) is 7.15. The Morgan fingerprint density at radius 2 is 2.37 bits per heavy atom. The highest BCUT2D eigenvalue weighted by atomic mass is 35.5. The first-order valence-electron chi connectivity index (χ1n) is 5.75. The molecule has 0 bridgehead atoms. The van der Waals surface area contributed by atoms with Crippen LogP contribution in [0.15, 0.2) is 35.2 Å². The van der Waals surface area contributed by atoms with E-state index < -0.39 is 0 Å². The fourth-order valence-electron chi connectivity index (χ4n) is 1.66. The second-order valence-electron chi connectivity index (χ2n) is 4.19. The molecule has 19 heavy (non-hydrogen) atoms. The molecule has 2 aromatic heterocycles. The first kappa shape index (κ1) is 14.0. The van der Waals surface area contributed by atoms with E-state index in [1.54, 1.807) is 29.7 Å². The maximum atomic E-state index is 11.9. The Bertz CT molecular complexity index is 545. The van der Waals surface area contributed by atoms with Gasteiger partial charge in [-0.2, -0.15) is 11.3 Å². The van der Waals surface area contributed by atoms with Gasteiger partial charge < -0.3 is 5.32 Å². The Kier molecular flexibility index (Phi) is 4.90. The number of hydrogen-bond donors (Lipinski definition) is 1. The monoisotopic (exact) mass is 295 g/mol. The molecule has 100 valence electrons. The van der Waals surface area contributed by atoms with E-state index in [-0.39, 0.29) is 5.91 Å². The standard InChI is InChI=1S/C13H14ClN3OS/c1-17(7-10-4-6-19-9-10)8-12(18)16-11-3-2-5-15-13(11)14/h2-6,9H,7-8H2,1H3,(H,16,18). The van der Waals surface area contributed by atoms with Gasteiger partial charge in [0.15, 0.2) is 5.15 Å². The van der Waals surface area contributed by atoms with Gasteiger partial charge in [0, 0.05) is 12.7 Å². The van der Waals surface area contributed by atoms with E-state index >= 15 is 0 Å². The van der Waals surface area contributed by atoms with Crippen LogP contribution >= 0.6 is 22.9 Å². The van der Waals surface area contributed by atoms with Crippen LogP contribution in [-0.2, 0) is 11.3 Å². The van der Waals surface area contributed by atoms with Crippen LogP contribution in [0.3, 0.4) is 0 Å². The summed E-state index contributed by atoms with van der Waals surface area (Å²) in [6.07, 6.45) is 1.58. The molecule has 0 radical (unpaired) electrons. The number of pyridine rings is 1. The number of likely N-dealkylation sites (N-methyl/N-ethyl adjacent to an activating group) is 1. The van der Waals surface area contributed by atoms with Crippen LogP contribution in [0.2, 0.25) is 5.15 Å². The van der Waals surface area contributed by atoms with Gasteiger partial charge in [0.05, 0.1) is 12.2 Å². The zero-order chi connectivity index (χ0) is 13.7. The van der Waals surface area contributed by atoms with Crippen LogP contribution in [0.25, 0.3) is 0 Å². The van der Waals surface area contributed by atoms with Gasteiger partial charge in [-0.05, 0) is 41.6 Å². The number of nitrogens with one attached hydrogen (secondary N) is 1. The molecular formula is C13H14ClN3OS. The molecule has 0 fully saturated rings. The molecule has 0 unspecified atom stereocenters. The number of thiophene rings is 1. The quantitative estimate of drug-likeness (QED) is 0.863. The van der Waals surface area contributed by atoms with Crippen molar-refractivity contribution in [1.29, 1.82) is 0 Å². The Hall–Kier alpha value is -1.43. The van der Waals surface area contributed by atoms with Gasteiger partial charge in [-0.25, -0.2) is 4.98 Å². The minimum absolute atomic E-state index is 0.104. The predicted molar refractivity (Wildman–Crippen MR) is 78.5 cm³/mol. The average molecular weight is 296 g/mol. The van der Waals surface area contributed by atoms with Crippen molar-refractivity contribution in [2.75, 3.05) is 18.9 Å². The van der Waals surface area contributed by atoms with E-state index in [4.69, 9.17) is 11.6 Å². The molecule has 6 heteroatoms. The highest BCUT2D eigenvalue weighted by Crippen LogP contribution is 2.17. The average Bonchev–Trinajstić information content (AvgIpc) is 2.84. The normalized spacial score (nSPS) is 10.7. The summed E-state index contributed by atoms with van der Waals surface area (Å²) >= 11 is 7.53. The summed E-state index contributed by atoms with van der Waals surface area (Å²) in [6, 6.07) is 5.51. The fraction of sp³-hybridized carbons (Fsp3) is 0.231. The second-order valence-corrected chi connectivity index (χ2v) is 5.33. The second kappa shape index (κ2) is 6.65. The van der Waals surface area contributed by atoms with Gasteiger partial charge in [0.1, 0.15) is 0 Å². The van der Waals surface area contributed by atoms with Gasteiger partial charge in [0.25, 0.3) is 0 Å². The molecule has 0 spiro atoms. The van der Waals surface area contributed by atoms with Gasteiger partial charge in [-0.3, -0.25) is 9.69 Å². The molecule has 0 aromatic carbocycles. The molecule has 2 heterocycles. The maximum absolute atomic E-state index is 11.9. The number of carbonyl (C=O) groups is 1. The summed E-state index contributed by atoms with van der Waals surface area (Å²) < 4.78 is 0. The summed E-state index contributed by atoms with van der Waals surface area (Å²) in [5.74, 6) is -0.104. The lowest BCUT2D eigenvalue weighted by Crippen LogP contribution is -2.29. The summed E-state index contributed by atoms with van der Waals surface area (Å²) in [7, 11) is 1.90. The van der Waals surface area contributed by atoms with Crippen LogP contribution < -0.4 is 5.32 Å². The number of nitrogens with zero attached hydrogens (tertiary/aromatic N) is 2. The summed E-state index contributed by atoms with van der Waals surface area (Å²) in [5.41, 5.74) is 1.75. The number of halogens is 1. The number of anilines is 1. The van der Waals surface area contributed by atoms with Crippen molar-refractivity contribution >= 4 is 34.5 Å². The topological polar surface area (TPSA) is 45.2 Å². The van der Waals surface area contributed by atoms with Crippen LogP contribution in [-0.4, -0.2) is 29.4 Å². The van der Waals surface area contributed by atoms with Gasteiger partial charge >= 0.3 is 0 Å². The molecule has 1 N–H and O–H groups in total. The highest BCUT2D eigenvalue weighted by molar-refractivity contribution is 7.07. The van der Waals surface area contributed by atoms with E-state index in [0.29, 0.717) is 17.4 Å². The molecule has 0 saturated heterocycles. The molecule has 0 atom stereocenters. The van der Waals surface area contributed by atoms with Crippen molar-refractivity contribution in [2.24, 2.45) is 0 Å². The zero-order valence-electron chi connectivity index (χ0n) is 10.5. The van der Waals surface area contributed by atoms with Crippen molar-refractivity contribution in [3.8, 4) is 0 Å². The predicted octanol–water partition coefficient (Wildman–Crippen LogP) is 2.87. The highest BCUT2D eigenvalue weighted by Gasteiger charge is 2.09. The first-order valence-corrected chi connectivity index (χ1v) is 7.07. The molecular weight excluding hydrogens is 282 g/mol. The Morgan fingerprint density at radius 3 is 3.05 bits per heavy atom. The van der Waals surface area contributed by atoms with E-state index in [1.165, 1.54) is 5.56 Å². The zero-order valence-corrected chi connectivity index (χ0v) is 12.0.